The molecule has 0 aromatic carbocycles. The van der Waals surface area contributed by atoms with Crippen LogP contribution in [0.4, 0.5) is 0 Å². The van der Waals surface area contributed by atoms with E-state index in [1.807, 2.05) is 6.92 Å². The highest BCUT2D eigenvalue weighted by Gasteiger charge is 2.34. The van der Waals surface area contributed by atoms with Crippen molar-refractivity contribution in [2.45, 2.75) is 64.1 Å². The summed E-state index contributed by atoms with van der Waals surface area (Å²) >= 11 is 0. The highest BCUT2D eigenvalue weighted by molar-refractivity contribution is 5.04. The van der Waals surface area contributed by atoms with Crippen molar-refractivity contribution in [2.75, 3.05) is 32.7 Å². The Kier molecular flexibility index (Phi) is 5.42. The quantitative estimate of drug-likeness (QED) is 0.833. The second-order valence-corrected chi connectivity index (χ2v) is 6.71. The third-order valence-electron chi connectivity index (χ3n) is 5.03. The topological polar surface area (TPSA) is 42.3 Å². The zero-order valence-electron chi connectivity index (χ0n) is 13.4. The summed E-state index contributed by atoms with van der Waals surface area (Å²) in [7, 11) is 0. The van der Waals surface area contributed by atoms with E-state index in [2.05, 4.69) is 35.0 Å². The van der Waals surface area contributed by atoms with Gasteiger partial charge in [0, 0.05) is 31.7 Å². The van der Waals surface area contributed by atoms with E-state index in [1.165, 1.54) is 38.9 Å². The molecule has 20 heavy (non-hydrogen) atoms. The molecule has 3 unspecified atom stereocenters. The van der Waals surface area contributed by atoms with Crippen molar-refractivity contribution in [2.24, 2.45) is 0 Å². The van der Waals surface area contributed by atoms with Gasteiger partial charge in [-0.05, 0) is 46.2 Å². The lowest BCUT2D eigenvalue weighted by Gasteiger charge is -2.48. The molecule has 0 spiro atoms. The minimum absolute atomic E-state index is 0.377. The Labute approximate surface area is 124 Å². The lowest BCUT2D eigenvalue weighted by atomic mass is 9.95. The number of piperidine rings is 1. The molecule has 0 bridgehead atoms. The zero-order valence-corrected chi connectivity index (χ0v) is 13.4. The molecule has 0 amide bonds. The first kappa shape index (κ1) is 15.8. The maximum atomic E-state index is 9.36. The fourth-order valence-corrected chi connectivity index (χ4v) is 3.67. The van der Waals surface area contributed by atoms with E-state index in [0.29, 0.717) is 6.04 Å². The van der Waals surface area contributed by atoms with Crippen LogP contribution >= 0.6 is 0 Å². The zero-order chi connectivity index (χ0) is 14.6. The molecule has 2 heterocycles. The lowest BCUT2D eigenvalue weighted by Crippen LogP contribution is -2.59. The van der Waals surface area contributed by atoms with Crippen molar-refractivity contribution in [3.63, 3.8) is 0 Å². The maximum absolute atomic E-state index is 9.36. The van der Waals surface area contributed by atoms with Gasteiger partial charge in [-0.3, -0.25) is 15.1 Å². The molecule has 0 aromatic heterocycles. The number of fused-ring (bicyclic) bond motifs is 1. The number of piperazine rings is 1. The summed E-state index contributed by atoms with van der Waals surface area (Å²) in [4.78, 5) is 5.28. The monoisotopic (exact) mass is 278 g/mol. The second kappa shape index (κ2) is 6.89. The minimum atomic E-state index is -0.377. The van der Waals surface area contributed by atoms with E-state index in [4.69, 9.17) is 0 Å². The van der Waals surface area contributed by atoms with Gasteiger partial charge in [-0.15, -0.1) is 0 Å². The summed E-state index contributed by atoms with van der Waals surface area (Å²) in [6.07, 6.45) is 5.02. The Morgan fingerprint density at radius 1 is 1.35 bits per heavy atom. The molecular weight excluding hydrogens is 248 g/mol. The number of hydrogen-bond donors (Lipinski definition) is 1. The molecular formula is C16H30N4. The van der Waals surface area contributed by atoms with E-state index >= 15 is 0 Å². The molecule has 1 N–H and O–H groups in total. The summed E-state index contributed by atoms with van der Waals surface area (Å²) in [5.41, 5.74) is -0.377. The molecule has 2 fully saturated rings. The Bertz CT molecular complexity index is 351. The van der Waals surface area contributed by atoms with Gasteiger partial charge < -0.3 is 0 Å². The van der Waals surface area contributed by atoms with Crippen LogP contribution in [0.2, 0.25) is 0 Å². The first-order valence-electron chi connectivity index (χ1n) is 8.22. The Morgan fingerprint density at radius 2 is 2.15 bits per heavy atom. The van der Waals surface area contributed by atoms with Crippen LogP contribution in [0.1, 0.15) is 46.5 Å². The van der Waals surface area contributed by atoms with Crippen LogP contribution in [-0.4, -0.2) is 60.1 Å². The van der Waals surface area contributed by atoms with Crippen LogP contribution in [0.25, 0.3) is 0 Å². The van der Waals surface area contributed by atoms with E-state index in [0.717, 1.165) is 25.6 Å². The summed E-state index contributed by atoms with van der Waals surface area (Å²) in [6.45, 7) is 12.0. The molecule has 0 aromatic rings. The van der Waals surface area contributed by atoms with Gasteiger partial charge in [-0.1, -0.05) is 13.3 Å². The van der Waals surface area contributed by atoms with Crippen LogP contribution in [0.15, 0.2) is 0 Å². The number of rotatable bonds is 5. The standard InChI is InChI=1S/C16H30N4/c1-4-18-16(3,13-17)8-10-19-12-15-7-5-6-9-20(15)11-14(19)2/h14-15,18H,4-12H2,1-3H3. The Morgan fingerprint density at radius 3 is 2.85 bits per heavy atom. The van der Waals surface area contributed by atoms with Gasteiger partial charge >= 0.3 is 0 Å². The average Bonchev–Trinajstić information content (AvgIpc) is 2.45. The second-order valence-electron chi connectivity index (χ2n) is 6.71. The van der Waals surface area contributed by atoms with Crippen molar-refractivity contribution in [3.8, 4) is 6.07 Å². The molecule has 2 aliphatic rings. The molecule has 2 aliphatic heterocycles. The number of hydrogen-bond acceptors (Lipinski definition) is 4. The molecule has 4 heteroatoms. The van der Waals surface area contributed by atoms with Gasteiger partial charge in [-0.2, -0.15) is 5.26 Å². The highest BCUT2D eigenvalue weighted by atomic mass is 15.3. The Balaban J connectivity index is 1.87. The molecule has 2 rings (SSSR count). The van der Waals surface area contributed by atoms with Gasteiger partial charge in [0.2, 0.25) is 0 Å². The summed E-state index contributed by atoms with van der Waals surface area (Å²) in [5.74, 6) is 0. The van der Waals surface area contributed by atoms with Crippen LogP contribution in [0, 0.1) is 11.3 Å². The van der Waals surface area contributed by atoms with Crippen LogP contribution in [0.5, 0.6) is 0 Å². The van der Waals surface area contributed by atoms with Gasteiger partial charge in [0.15, 0.2) is 0 Å². The summed E-state index contributed by atoms with van der Waals surface area (Å²) in [5, 5.41) is 12.7. The maximum Gasteiger partial charge on any atom is 0.105 e. The summed E-state index contributed by atoms with van der Waals surface area (Å²) < 4.78 is 0. The molecule has 3 atom stereocenters. The fraction of sp³-hybridized carbons (Fsp3) is 0.938. The van der Waals surface area contributed by atoms with Crippen molar-refractivity contribution in [1.82, 2.24) is 15.1 Å². The average molecular weight is 278 g/mol. The van der Waals surface area contributed by atoms with Crippen molar-refractivity contribution in [3.05, 3.63) is 0 Å². The Hall–Kier alpha value is -0.630. The van der Waals surface area contributed by atoms with E-state index in [-0.39, 0.29) is 5.54 Å². The van der Waals surface area contributed by atoms with E-state index < -0.39 is 0 Å². The normalized spacial score (nSPS) is 31.3. The van der Waals surface area contributed by atoms with Crippen LogP contribution < -0.4 is 5.32 Å². The first-order valence-corrected chi connectivity index (χ1v) is 8.22. The molecule has 0 radical (unpaired) electrons. The largest absolute Gasteiger partial charge is 0.300 e. The third kappa shape index (κ3) is 3.72. The number of nitrogens with one attached hydrogen (secondary N) is 1. The molecule has 114 valence electrons. The van der Waals surface area contributed by atoms with Crippen molar-refractivity contribution >= 4 is 0 Å². The van der Waals surface area contributed by atoms with E-state index in [9.17, 15) is 5.26 Å². The van der Waals surface area contributed by atoms with Gasteiger partial charge in [0.05, 0.1) is 6.07 Å². The highest BCUT2D eigenvalue weighted by Crippen LogP contribution is 2.24. The SMILES string of the molecule is CCNC(C)(C#N)CCN1CC2CCCCN2CC1C. The molecule has 4 nitrogen and oxygen atoms in total. The minimum Gasteiger partial charge on any atom is -0.300 e. The lowest BCUT2D eigenvalue weighted by molar-refractivity contribution is 0.0127. The smallest absolute Gasteiger partial charge is 0.105 e. The van der Waals surface area contributed by atoms with E-state index in [1.54, 1.807) is 0 Å². The van der Waals surface area contributed by atoms with Crippen molar-refractivity contribution in [1.29, 1.82) is 5.26 Å². The van der Waals surface area contributed by atoms with Crippen LogP contribution in [0.3, 0.4) is 0 Å². The van der Waals surface area contributed by atoms with Crippen molar-refractivity contribution < 1.29 is 0 Å². The number of nitrogens with zero attached hydrogens (tertiary/aromatic N) is 3. The van der Waals surface area contributed by atoms with Gasteiger partial charge in [-0.25, -0.2) is 0 Å². The predicted molar refractivity (Wildman–Crippen MR) is 82.6 cm³/mol. The van der Waals surface area contributed by atoms with Gasteiger partial charge in [0.25, 0.3) is 0 Å². The molecule has 2 saturated heterocycles. The number of nitriles is 1. The first-order chi connectivity index (χ1) is 9.58. The fourth-order valence-electron chi connectivity index (χ4n) is 3.67. The van der Waals surface area contributed by atoms with Gasteiger partial charge in [0.1, 0.15) is 5.54 Å². The molecule has 0 saturated carbocycles. The van der Waals surface area contributed by atoms with Crippen LogP contribution in [-0.2, 0) is 0 Å². The summed E-state index contributed by atoms with van der Waals surface area (Å²) in [6, 6.07) is 3.82. The predicted octanol–water partition coefficient (Wildman–Crippen LogP) is 1.83. The molecule has 0 aliphatic carbocycles. The third-order valence-corrected chi connectivity index (χ3v) is 5.03.